The first kappa shape index (κ1) is 24.8. The van der Waals surface area contributed by atoms with E-state index in [0.717, 1.165) is 6.42 Å². The van der Waals surface area contributed by atoms with Crippen LogP contribution in [0.5, 0.6) is 0 Å². The van der Waals surface area contributed by atoms with Crippen LogP contribution < -0.4 is 5.32 Å². The van der Waals surface area contributed by atoms with Gasteiger partial charge in [-0.15, -0.1) is 0 Å². The van der Waals surface area contributed by atoms with Crippen LogP contribution in [0.3, 0.4) is 0 Å². The molecule has 9 nitrogen and oxygen atoms in total. The quantitative estimate of drug-likeness (QED) is 0.501. The number of rotatable bonds is 5. The van der Waals surface area contributed by atoms with Gasteiger partial charge in [0, 0.05) is 31.7 Å². The van der Waals surface area contributed by atoms with Crippen LogP contribution in [-0.2, 0) is 14.8 Å². The summed E-state index contributed by atoms with van der Waals surface area (Å²) >= 11 is 0. The molecule has 1 aromatic rings. The molecular weight excluding hydrogens is 456 g/mol. The monoisotopic (exact) mass is 490 g/mol. The Kier molecular flexibility index (Phi) is 6.37. The van der Waals surface area contributed by atoms with Crippen LogP contribution >= 0.6 is 0 Å². The lowest BCUT2D eigenvalue weighted by atomic mass is 9.64. The standard InChI is InChI=1S/C24H34N4O5S/c1-17-13-23(3,4)15-24(14-17)21(30)28(22(31)25-24)16-26-8-10-27(11-9-26)34(32,33)20-7-5-6-19(12-20)18(2)29/h5-7,12,17H,8-11,13-16H2,1-4H3,(H,25,31). The van der Waals surface area contributed by atoms with Gasteiger partial charge in [0.05, 0.1) is 11.6 Å². The maximum Gasteiger partial charge on any atom is 0.326 e. The molecule has 10 heteroatoms. The summed E-state index contributed by atoms with van der Waals surface area (Å²) in [4.78, 5) is 41.1. The number of Topliss-reactive ketones (excluding diaryl/α,β-unsaturated/α-hetero) is 1. The highest BCUT2D eigenvalue weighted by Gasteiger charge is 2.56. The summed E-state index contributed by atoms with van der Waals surface area (Å²) in [6, 6.07) is 5.70. The molecule has 34 heavy (non-hydrogen) atoms. The van der Waals surface area contributed by atoms with Crippen molar-refractivity contribution in [3.05, 3.63) is 29.8 Å². The van der Waals surface area contributed by atoms with Gasteiger partial charge < -0.3 is 5.32 Å². The van der Waals surface area contributed by atoms with E-state index in [-0.39, 0.29) is 47.8 Å². The molecule has 1 aliphatic carbocycles. The van der Waals surface area contributed by atoms with Crippen LogP contribution in [0, 0.1) is 11.3 Å². The summed E-state index contributed by atoms with van der Waals surface area (Å²) in [5.74, 6) is -0.0274. The molecule has 1 saturated carbocycles. The van der Waals surface area contributed by atoms with Crippen LogP contribution in [0.2, 0.25) is 0 Å². The number of urea groups is 1. The first-order valence-electron chi connectivity index (χ1n) is 11.8. The minimum Gasteiger partial charge on any atom is -0.323 e. The number of carbonyl (C=O) groups is 3. The van der Waals surface area contributed by atoms with Gasteiger partial charge in [-0.05, 0) is 49.7 Å². The van der Waals surface area contributed by atoms with E-state index >= 15 is 0 Å². The average Bonchev–Trinajstić information content (AvgIpc) is 2.96. The molecule has 3 aliphatic rings. The van der Waals surface area contributed by atoms with Gasteiger partial charge in [-0.1, -0.05) is 32.9 Å². The molecule has 0 radical (unpaired) electrons. The molecule has 2 unspecified atom stereocenters. The van der Waals surface area contributed by atoms with Crippen LogP contribution in [0.1, 0.15) is 57.3 Å². The summed E-state index contributed by atoms with van der Waals surface area (Å²) in [5, 5.41) is 2.99. The fraction of sp³-hybridized carbons (Fsp3) is 0.625. The Morgan fingerprint density at radius 2 is 1.79 bits per heavy atom. The van der Waals surface area contributed by atoms with Gasteiger partial charge >= 0.3 is 6.03 Å². The van der Waals surface area contributed by atoms with Crippen molar-refractivity contribution < 1.29 is 22.8 Å². The number of nitrogens with one attached hydrogen (secondary N) is 1. The molecule has 4 rings (SSSR count). The number of amides is 3. The molecule has 2 heterocycles. The molecule has 0 aromatic heterocycles. The van der Waals surface area contributed by atoms with Crippen molar-refractivity contribution in [1.82, 2.24) is 19.4 Å². The van der Waals surface area contributed by atoms with Gasteiger partial charge in [0.15, 0.2) is 5.78 Å². The van der Waals surface area contributed by atoms with E-state index in [1.807, 2.05) is 4.90 Å². The van der Waals surface area contributed by atoms with E-state index in [1.165, 1.54) is 28.3 Å². The Morgan fingerprint density at radius 3 is 2.41 bits per heavy atom. The minimum atomic E-state index is -3.74. The van der Waals surface area contributed by atoms with Crippen molar-refractivity contribution >= 4 is 27.7 Å². The molecule has 1 spiro atoms. The third-order valence-corrected chi connectivity index (χ3v) is 9.07. The summed E-state index contributed by atoms with van der Waals surface area (Å²) in [6.45, 7) is 9.23. The maximum atomic E-state index is 13.4. The van der Waals surface area contributed by atoms with Crippen LogP contribution in [-0.4, -0.2) is 78.6 Å². The van der Waals surface area contributed by atoms with Crippen LogP contribution in [0.4, 0.5) is 4.79 Å². The largest absolute Gasteiger partial charge is 0.326 e. The van der Waals surface area contributed by atoms with Gasteiger partial charge in [0.2, 0.25) is 10.0 Å². The Bertz CT molecular complexity index is 1110. The lowest BCUT2D eigenvalue weighted by molar-refractivity contribution is -0.136. The minimum absolute atomic E-state index is 0.0315. The molecule has 186 valence electrons. The first-order valence-corrected chi connectivity index (χ1v) is 13.2. The first-order chi connectivity index (χ1) is 15.8. The zero-order valence-electron chi connectivity index (χ0n) is 20.3. The number of carbonyl (C=O) groups excluding carboxylic acids is 3. The molecule has 2 saturated heterocycles. The van der Waals surface area contributed by atoms with Crippen molar-refractivity contribution in [1.29, 1.82) is 0 Å². The Morgan fingerprint density at radius 1 is 1.12 bits per heavy atom. The summed E-state index contributed by atoms with van der Waals surface area (Å²) in [5.41, 5.74) is -0.519. The number of hydrogen-bond acceptors (Lipinski definition) is 6. The average molecular weight is 491 g/mol. The van der Waals surface area contributed by atoms with Crippen molar-refractivity contribution in [3.8, 4) is 0 Å². The van der Waals surface area contributed by atoms with Crippen molar-refractivity contribution in [3.63, 3.8) is 0 Å². The van der Waals surface area contributed by atoms with Crippen LogP contribution in [0.15, 0.2) is 29.2 Å². The fourth-order valence-corrected chi connectivity index (χ4v) is 7.44. The number of hydrogen-bond donors (Lipinski definition) is 1. The zero-order chi connectivity index (χ0) is 24.9. The van der Waals surface area contributed by atoms with E-state index in [1.54, 1.807) is 12.1 Å². The molecule has 1 aromatic carbocycles. The highest BCUT2D eigenvalue weighted by atomic mass is 32.2. The third-order valence-electron chi connectivity index (χ3n) is 7.18. The van der Waals surface area contributed by atoms with E-state index in [4.69, 9.17) is 0 Å². The van der Waals surface area contributed by atoms with E-state index in [2.05, 4.69) is 26.1 Å². The highest BCUT2D eigenvalue weighted by molar-refractivity contribution is 7.89. The second-order valence-electron chi connectivity index (χ2n) is 10.8. The number of nitrogens with zero attached hydrogens (tertiary/aromatic N) is 3. The van der Waals surface area contributed by atoms with Crippen LogP contribution in [0.25, 0.3) is 0 Å². The molecule has 1 N–H and O–H groups in total. The smallest absolute Gasteiger partial charge is 0.323 e. The lowest BCUT2D eigenvalue weighted by Crippen LogP contribution is -2.55. The Hall–Kier alpha value is -2.30. The number of benzene rings is 1. The van der Waals surface area contributed by atoms with E-state index in [0.29, 0.717) is 37.4 Å². The van der Waals surface area contributed by atoms with Gasteiger partial charge in [-0.3, -0.25) is 14.5 Å². The number of sulfonamides is 1. The molecule has 3 amide bonds. The highest BCUT2D eigenvalue weighted by Crippen LogP contribution is 2.46. The Labute approximate surface area is 201 Å². The third kappa shape index (κ3) is 4.63. The SMILES string of the molecule is CC(=O)c1cccc(S(=O)(=O)N2CCN(CN3C(=O)NC4(CC(C)CC(C)(C)C4)C3=O)CC2)c1. The number of imide groups is 1. The van der Waals surface area contributed by atoms with E-state index < -0.39 is 15.6 Å². The van der Waals surface area contributed by atoms with Gasteiger partial charge in [0.1, 0.15) is 5.54 Å². The van der Waals surface area contributed by atoms with Gasteiger partial charge in [0.25, 0.3) is 5.91 Å². The van der Waals surface area contributed by atoms with Crippen molar-refractivity contribution in [2.45, 2.75) is 57.4 Å². The topological polar surface area (TPSA) is 107 Å². The second kappa shape index (κ2) is 8.73. The molecular formula is C24H34N4O5S. The predicted octanol–water partition coefficient (Wildman–Crippen LogP) is 2.29. The molecule has 0 bridgehead atoms. The van der Waals surface area contributed by atoms with Gasteiger partial charge in [-0.2, -0.15) is 4.31 Å². The molecule has 2 aliphatic heterocycles. The predicted molar refractivity (Wildman–Crippen MR) is 127 cm³/mol. The summed E-state index contributed by atoms with van der Waals surface area (Å²) < 4.78 is 27.5. The van der Waals surface area contributed by atoms with Gasteiger partial charge in [-0.25, -0.2) is 18.1 Å². The molecule has 3 fully saturated rings. The summed E-state index contributed by atoms with van der Waals surface area (Å²) in [7, 11) is -3.74. The zero-order valence-corrected chi connectivity index (χ0v) is 21.2. The summed E-state index contributed by atoms with van der Waals surface area (Å²) in [6.07, 6.45) is 2.28. The molecule has 2 atom stereocenters. The van der Waals surface area contributed by atoms with Crippen molar-refractivity contribution in [2.75, 3.05) is 32.8 Å². The fourth-order valence-electron chi connectivity index (χ4n) is 5.97. The second-order valence-corrected chi connectivity index (χ2v) is 12.8. The van der Waals surface area contributed by atoms with E-state index in [9.17, 15) is 22.8 Å². The Balaban J connectivity index is 1.41. The maximum absolute atomic E-state index is 13.4. The number of ketones is 1. The number of piperazine rings is 1. The normalized spacial score (nSPS) is 28.4. The van der Waals surface area contributed by atoms with Crippen molar-refractivity contribution in [2.24, 2.45) is 11.3 Å². The lowest BCUT2D eigenvalue weighted by Gasteiger charge is -2.44.